The molecule has 0 aliphatic carbocycles. The maximum Gasteiger partial charge on any atom is 0.123 e. The minimum Gasteiger partial charge on any atom is -0.330 e. The van der Waals surface area contributed by atoms with Gasteiger partial charge in [-0.05, 0) is 54.3 Å². The van der Waals surface area contributed by atoms with Crippen LogP contribution in [0.1, 0.15) is 11.1 Å². The zero-order valence-corrected chi connectivity index (χ0v) is 20.4. The van der Waals surface area contributed by atoms with Crippen molar-refractivity contribution in [2.24, 2.45) is 11.5 Å². The van der Waals surface area contributed by atoms with Crippen molar-refractivity contribution >= 4 is 22.7 Å². The van der Waals surface area contributed by atoms with Gasteiger partial charge in [-0.2, -0.15) is 0 Å². The van der Waals surface area contributed by atoms with Crippen LogP contribution in [0.5, 0.6) is 0 Å². The third-order valence-electron chi connectivity index (χ3n) is 5.66. The van der Waals surface area contributed by atoms with E-state index in [4.69, 9.17) is 21.4 Å². The molecule has 170 valence electrons. The van der Waals surface area contributed by atoms with Gasteiger partial charge in [0.25, 0.3) is 0 Å². The third kappa shape index (κ3) is 5.00. The first kappa shape index (κ1) is 22.6. The second-order valence-corrected chi connectivity index (χ2v) is 10.2. The molecule has 4 nitrogen and oxygen atoms in total. The molecule has 0 saturated carbocycles. The zero-order valence-electron chi connectivity index (χ0n) is 18.8. The molecule has 4 N–H and O–H groups in total. The molecule has 5 aromatic rings. The number of benzene rings is 3. The van der Waals surface area contributed by atoms with Crippen LogP contribution in [-0.4, -0.2) is 23.1 Å². The molecule has 0 atom stereocenters. The van der Waals surface area contributed by atoms with E-state index in [9.17, 15) is 0 Å². The monoisotopic (exact) mass is 482 g/mol. The van der Waals surface area contributed by atoms with Gasteiger partial charge in [-0.3, -0.25) is 0 Å². The van der Waals surface area contributed by atoms with Gasteiger partial charge in [0.1, 0.15) is 10.0 Å². The van der Waals surface area contributed by atoms with Crippen LogP contribution in [0.15, 0.2) is 85.2 Å². The summed E-state index contributed by atoms with van der Waals surface area (Å²) in [6.45, 7) is 1.31. The Hall–Kier alpha value is -3.16. The summed E-state index contributed by atoms with van der Waals surface area (Å²) < 4.78 is 0. The van der Waals surface area contributed by atoms with Gasteiger partial charge in [0.15, 0.2) is 0 Å². The Morgan fingerprint density at radius 3 is 1.47 bits per heavy atom. The molecule has 0 aliphatic heterocycles. The Morgan fingerprint density at radius 2 is 1.00 bits per heavy atom. The summed E-state index contributed by atoms with van der Waals surface area (Å²) in [5, 5.41) is 2.01. The molecule has 0 aliphatic rings. The molecule has 6 heteroatoms. The van der Waals surface area contributed by atoms with Gasteiger partial charge in [-0.15, -0.1) is 22.7 Å². The Morgan fingerprint density at radius 1 is 0.559 bits per heavy atom. The number of nitrogens with two attached hydrogens (primary N) is 2. The first-order chi connectivity index (χ1) is 16.7. The highest BCUT2D eigenvalue weighted by Crippen LogP contribution is 2.36. The highest BCUT2D eigenvalue weighted by molar-refractivity contribution is 7.18. The number of rotatable bonds is 8. The van der Waals surface area contributed by atoms with Crippen molar-refractivity contribution in [1.82, 2.24) is 9.97 Å². The number of hydrogen-bond donors (Lipinski definition) is 2. The predicted octanol–water partition coefficient (Wildman–Crippen LogP) is 6.27. The normalized spacial score (nSPS) is 11.1. The molecule has 2 heterocycles. The molecule has 3 aromatic carbocycles. The summed E-state index contributed by atoms with van der Waals surface area (Å²) >= 11 is 3.42. The van der Waals surface area contributed by atoms with Crippen LogP contribution < -0.4 is 11.5 Å². The van der Waals surface area contributed by atoms with E-state index < -0.39 is 0 Å². The molecule has 0 fully saturated rings. The maximum absolute atomic E-state index is 5.73. The average molecular weight is 483 g/mol. The fourth-order valence-corrected chi connectivity index (χ4v) is 5.78. The van der Waals surface area contributed by atoms with Crippen LogP contribution in [0.2, 0.25) is 0 Å². The van der Waals surface area contributed by atoms with Crippen molar-refractivity contribution in [3.8, 4) is 42.0 Å². The molecule has 2 aromatic heterocycles. The van der Waals surface area contributed by atoms with Crippen LogP contribution in [0.25, 0.3) is 42.0 Å². The summed E-state index contributed by atoms with van der Waals surface area (Å²) in [5.41, 5.74) is 18.5. The van der Waals surface area contributed by atoms with Crippen molar-refractivity contribution in [2.45, 2.75) is 12.8 Å². The lowest BCUT2D eigenvalue weighted by Gasteiger charge is -2.02. The number of nitrogens with zero attached hydrogens (tertiary/aromatic N) is 2. The Kier molecular flexibility index (Phi) is 6.92. The fourth-order valence-electron chi connectivity index (χ4n) is 3.96. The van der Waals surface area contributed by atoms with E-state index in [0.29, 0.717) is 13.1 Å². The molecular formula is C28H26N4S2. The zero-order chi connectivity index (χ0) is 23.3. The van der Waals surface area contributed by atoms with Crippen molar-refractivity contribution < 1.29 is 0 Å². The van der Waals surface area contributed by atoms with Crippen molar-refractivity contribution in [1.29, 1.82) is 0 Å². The lowest BCUT2D eigenvalue weighted by atomic mass is 10.1. The molecule has 0 amide bonds. The van der Waals surface area contributed by atoms with E-state index in [1.165, 1.54) is 22.3 Å². The Balaban J connectivity index is 1.40. The largest absolute Gasteiger partial charge is 0.330 e. The maximum atomic E-state index is 5.73. The molecule has 0 spiro atoms. The smallest absolute Gasteiger partial charge is 0.123 e. The number of aromatic nitrogens is 2. The van der Waals surface area contributed by atoms with E-state index in [2.05, 4.69) is 72.8 Å². The van der Waals surface area contributed by atoms with Crippen molar-refractivity contribution in [3.63, 3.8) is 0 Å². The van der Waals surface area contributed by atoms with Gasteiger partial charge >= 0.3 is 0 Å². The summed E-state index contributed by atoms with van der Waals surface area (Å²) in [5.74, 6) is 0. The van der Waals surface area contributed by atoms with Crippen LogP contribution in [0.4, 0.5) is 0 Å². The first-order valence-electron chi connectivity index (χ1n) is 11.3. The van der Waals surface area contributed by atoms with Crippen LogP contribution in [0, 0.1) is 0 Å². The lowest BCUT2D eigenvalue weighted by Crippen LogP contribution is -2.02. The Labute approximate surface area is 208 Å². The van der Waals surface area contributed by atoms with Crippen molar-refractivity contribution in [2.75, 3.05) is 13.1 Å². The number of thiazole rings is 2. The molecule has 34 heavy (non-hydrogen) atoms. The second-order valence-electron chi connectivity index (χ2n) is 8.12. The van der Waals surface area contributed by atoms with E-state index >= 15 is 0 Å². The summed E-state index contributed by atoms with van der Waals surface area (Å²) in [6.07, 6.45) is 5.69. The highest BCUT2D eigenvalue weighted by atomic mass is 32.1. The third-order valence-corrected chi connectivity index (χ3v) is 7.85. The minimum absolute atomic E-state index is 0.655. The molecular weight excluding hydrogens is 456 g/mol. The molecule has 0 radical (unpaired) electrons. The van der Waals surface area contributed by atoms with Gasteiger partial charge in [0.2, 0.25) is 0 Å². The molecule has 0 unspecified atom stereocenters. The van der Waals surface area contributed by atoms with E-state index in [1.807, 2.05) is 12.4 Å². The summed E-state index contributed by atoms with van der Waals surface area (Å²) in [7, 11) is 0. The van der Waals surface area contributed by atoms with Crippen LogP contribution in [0.3, 0.4) is 0 Å². The Bertz CT molecular complexity index is 1300. The number of hydrogen-bond acceptors (Lipinski definition) is 6. The highest BCUT2D eigenvalue weighted by Gasteiger charge is 2.11. The average Bonchev–Trinajstić information content (AvgIpc) is 3.56. The van der Waals surface area contributed by atoms with Crippen molar-refractivity contribution in [3.05, 3.63) is 96.3 Å². The second kappa shape index (κ2) is 10.4. The van der Waals surface area contributed by atoms with E-state index in [0.717, 1.165) is 43.7 Å². The van der Waals surface area contributed by atoms with Crippen LogP contribution >= 0.6 is 22.7 Å². The topological polar surface area (TPSA) is 77.8 Å². The quantitative estimate of drug-likeness (QED) is 0.273. The molecule has 0 bridgehead atoms. The van der Waals surface area contributed by atoms with Gasteiger partial charge in [-0.25, -0.2) is 9.97 Å². The van der Waals surface area contributed by atoms with Gasteiger partial charge in [0.05, 0.1) is 9.75 Å². The lowest BCUT2D eigenvalue weighted by molar-refractivity contribution is 0.969. The summed E-state index contributed by atoms with van der Waals surface area (Å²) in [6, 6.07) is 25.6. The van der Waals surface area contributed by atoms with Gasteiger partial charge in [-0.1, -0.05) is 66.7 Å². The minimum atomic E-state index is 0.655. The van der Waals surface area contributed by atoms with E-state index in [1.54, 1.807) is 22.7 Å². The fraction of sp³-hybridized carbons (Fsp3) is 0.143. The molecule has 5 rings (SSSR count). The standard InChI is InChI=1S/C28H26N4S2/c29-12-10-19-4-1-6-21(14-19)25-17-31-27(33-25)23-8-3-9-24(16-23)28-32-18-26(34-28)22-7-2-5-20(15-22)11-13-30/h1-9,14-18H,10-13,29-30H2. The van der Waals surface area contributed by atoms with Gasteiger partial charge < -0.3 is 11.5 Å². The molecule has 0 saturated heterocycles. The van der Waals surface area contributed by atoms with E-state index in [-0.39, 0.29) is 0 Å². The van der Waals surface area contributed by atoms with Crippen LogP contribution in [-0.2, 0) is 12.8 Å². The predicted molar refractivity (Wildman–Crippen MR) is 145 cm³/mol. The van der Waals surface area contributed by atoms with Gasteiger partial charge in [0, 0.05) is 23.5 Å². The summed E-state index contributed by atoms with van der Waals surface area (Å²) in [4.78, 5) is 11.8. The first-order valence-corrected chi connectivity index (χ1v) is 13.0. The SMILES string of the molecule is NCCc1cccc(-c2cnc(-c3cccc(-c4ncc(-c5cccc(CCN)c5)s4)c3)s2)c1.